The highest BCUT2D eigenvalue weighted by molar-refractivity contribution is 5.92. The molecule has 0 radical (unpaired) electrons. The van der Waals surface area contributed by atoms with Crippen LogP contribution in [-0.2, 0) is 16.1 Å². The molecule has 0 saturated heterocycles. The molecule has 0 aliphatic rings. The number of phenolic OH excluding ortho intramolecular Hbond substituents is 1. The van der Waals surface area contributed by atoms with E-state index in [-0.39, 0.29) is 11.7 Å². The number of hydrogen-bond donors (Lipinski definition) is 2. The van der Waals surface area contributed by atoms with Gasteiger partial charge < -0.3 is 19.9 Å². The number of methoxy groups -OCH3 is 1. The molecule has 3 aromatic carbocycles. The standard InChI is InChI=1S/C24H23NO5/c1-16(23(27)25-15-17-3-13-22(29-2)14-4-17)30-24(28)20-7-5-18(6-8-20)19-9-11-21(26)12-10-19/h3-14,16,26H,15H2,1-2H3,(H,25,27). The van der Waals surface area contributed by atoms with Gasteiger partial charge in [-0.2, -0.15) is 0 Å². The molecule has 1 amide bonds. The summed E-state index contributed by atoms with van der Waals surface area (Å²) >= 11 is 0. The lowest BCUT2D eigenvalue weighted by Gasteiger charge is -2.14. The fraction of sp³-hybridized carbons (Fsp3) is 0.167. The number of nitrogens with one attached hydrogen (secondary N) is 1. The number of aromatic hydroxyl groups is 1. The molecule has 6 heteroatoms. The zero-order valence-corrected chi connectivity index (χ0v) is 16.8. The summed E-state index contributed by atoms with van der Waals surface area (Å²) in [6.07, 6.45) is -0.924. The van der Waals surface area contributed by atoms with Crippen molar-refractivity contribution in [3.05, 3.63) is 83.9 Å². The van der Waals surface area contributed by atoms with Gasteiger partial charge in [0.1, 0.15) is 11.5 Å². The van der Waals surface area contributed by atoms with E-state index >= 15 is 0 Å². The Balaban J connectivity index is 1.53. The van der Waals surface area contributed by atoms with Crippen LogP contribution in [0.2, 0.25) is 0 Å². The van der Waals surface area contributed by atoms with E-state index in [9.17, 15) is 14.7 Å². The lowest BCUT2D eigenvalue weighted by molar-refractivity contribution is -0.129. The van der Waals surface area contributed by atoms with E-state index in [1.165, 1.54) is 6.92 Å². The van der Waals surface area contributed by atoms with Gasteiger partial charge in [0.05, 0.1) is 12.7 Å². The summed E-state index contributed by atoms with van der Waals surface area (Å²) in [6.45, 7) is 1.86. The quantitative estimate of drug-likeness (QED) is 0.582. The Hall–Kier alpha value is -3.80. The van der Waals surface area contributed by atoms with Crippen molar-refractivity contribution in [1.82, 2.24) is 5.32 Å². The number of amides is 1. The zero-order chi connectivity index (χ0) is 21.5. The first-order valence-corrected chi connectivity index (χ1v) is 9.47. The highest BCUT2D eigenvalue weighted by atomic mass is 16.5. The summed E-state index contributed by atoms with van der Waals surface area (Å²) < 4.78 is 10.4. The molecule has 1 atom stereocenters. The van der Waals surface area contributed by atoms with Crippen LogP contribution in [0, 0.1) is 0 Å². The summed E-state index contributed by atoms with van der Waals surface area (Å²) in [6, 6.07) is 21.0. The normalized spacial score (nSPS) is 11.4. The van der Waals surface area contributed by atoms with E-state index < -0.39 is 12.1 Å². The van der Waals surface area contributed by atoms with Gasteiger partial charge >= 0.3 is 5.97 Å². The number of benzene rings is 3. The van der Waals surface area contributed by atoms with Gasteiger partial charge in [0.25, 0.3) is 5.91 Å². The van der Waals surface area contributed by atoms with Gasteiger partial charge in [-0.05, 0) is 60.0 Å². The van der Waals surface area contributed by atoms with Crippen molar-refractivity contribution in [2.75, 3.05) is 7.11 Å². The van der Waals surface area contributed by atoms with Crippen molar-refractivity contribution in [2.45, 2.75) is 19.6 Å². The number of hydrogen-bond acceptors (Lipinski definition) is 5. The van der Waals surface area contributed by atoms with Crippen molar-refractivity contribution >= 4 is 11.9 Å². The van der Waals surface area contributed by atoms with Gasteiger partial charge in [0.15, 0.2) is 6.10 Å². The largest absolute Gasteiger partial charge is 0.508 e. The van der Waals surface area contributed by atoms with Crippen LogP contribution >= 0.6 is 0 Å². The first kappa shape index (κ1) is 20.9. The monoisotopic (exact) mass is 405 g/mol. The Labute approximate surface area is 175 Å². The molecule has 0 aromatic heterocycles. The number of esters is 1. The summed E-state index contributed by atoms with van der Waals surface area (Å²) in [4.78, 5) is 24.6. The average molecular weight is 405 g/mol. The van der Waals surface area contributed by atoms with Crippen molar-refractivity contribution in [3.63, 3.8) is 0 Å². The number of rotatable bonds is 7. The van der Waals surface area contributed by atoms with Gasteiger partial charge in [-0.1, -0.05) is 36.4 Å². The van der Waals surface area contributed by atoms with E-state index in [0.717, 1.165) is 22.4 Å². The van der Waals surface area contributed by atoms with Crippen LogP contribution in [0.4, 0.5) is 0 Å². The van der Waals surface area contributed by atoms with Crippen LogP contribution in [0.15, 0.2) is 72.8 Å². The molecule has 0 bridgehead atoms. The van der Waals surface area contributed by atoms with E-state index in [1.807, 2.05) is 24.3 Å². The topological polar surface area (TPSA) is 84.9 Å². The molecule has 0 heterocycles. The van der Waals surface area contributed by atoms with Gasteiger partial charge in [0, 0.05) is 6.54 Å². The molecular formula is C24H23NO5. The Morgan fingerprint density at radius 3 is 2.03 bits per heavy atom. The SMILES string of the molecule is COc1ccc(CNC(=O)C(C)OC(=O)c2ccc(-c3ccc(O)cc3)cc2)cc1. The second-order valence-corrected chi connectivity index (χ2v) is 6.74. The minimum absolute atomic E-state index is 0.193. The summed E-state index contributed by atoms with van der Waals surface area (Å²) in [5.41, 5.74) is 3.08. The number of phenols is 1. The fourth-order valence-electron chi connectivity index (χ4n) is 2.81. The molecule has 3 rings (SSSR count). The van der Waals surface area contributed by atoms with Crippen LogP contribution in [0.5, 0.6) is 11.5 Å². The number of carbonyl (C=O) groups excluding carboxylic acids is 2. The molecule has 0 fully saturated rings. The van der Waals surface area contributed by atoms with Crippen LogP contribution < -0.4 is 10.1 Å². The van der Waals surface area contributed by atoms with E-state index in [2.05, 4.69) is 5.32 Å². The first-order chi connectivity index (χ1) is 14.5. The second kappa shape index (κ2) is 9.60. The van der Waals surface area contributed by atoms with Crippen LogP contribution in [0.1, 0.15) is 22.8 Å². The van der Waals surface area contributed by atoms with E-state index in [1.54, 1.807) is 55.6 Å². The highest BCUT2D eigenvalue weighted by Gasteiger charge is 2.18. The Bertz CT molecular complexity index is 995. The second-order valence-electron chi connectivity index (χ2n) is 6.74. The van der Waals surface area contributed by atoms with Crippen LogP contribution in [0.25, 0.3) is 11.1 Å². The molecule has 0 aliphatic carbocycles. The lowest BCUT2D eigenvalue weighted by atomic mass is 10.0. The first-order valence-electron chi connectivity index (χ1n) is 9.47. The summed E-state index contributed by atoms with van der Waals surface area (Å²) in [5.74, 6) is -0.0127. The predicted octanol–water partition coefficient (Wildman–Crippen LogP) is 3.93. The molecule has 154 valence electrons. The maximum Gasteiger partial charge on any atom is 0.338 e. The molecule has 6 nitrogen and oxygen atoms in total. The smallest absolute Gasteiger partial charge is 0.338 e. The van der Waals surface area contributed by atoms with Gasteiger partial charge in [-0.15, -0.1) is 0 Å². The van der Waals surface area contributed by atoms with E-state index in [4.69, 9.17) is 9.47 Å². The average Bonchev–Trinajstić information content (AvgIpc) is 2.78. The van der Waals surface area contributed by atoms with E-state index in [0.29, 0.717) is 12.1 Å². The summed E-state index contributed by atoms with van der Waals surface area (Å²) in [7, 11) is 1.59. The van der Waals surface area contributed by atoms with Crippen LogP contribution in [-0.4, -0.2) is 30.2 Å². The van der Waals surface area contributed by atoms with Crippen molar-refractivity contribution in [2.24, 2.45) is 0 Å². The molecule has 30 heavy (non-hydrogen) atoms. The summed E-state index contributed by atoms with van der Waals surface area (Å²) in [5, 5.41) is 12.1. The van der Waals surface area contributed by atoms with Crippen molar-refractivity contribution in [3.8, 4) is 22.6 Å². The molecule has 0 aliphatic heterocycles. The predicted molar refractivity (Wildman–Crippen MR) is 113 cm³/mol. The zero-order valence-electron chi connectivity index (χ0n) is 16.8. The number of carbonyl (C=O) groups is 2. The molecule has 2 N–H and O–H groups in total. The Kier molecular flexibility index (Phi) is 6.70. The van der Waals surface area contributed by atoms with Crippen molar-refractivity contribution in [1.29, 1.82) is 0 Å². The number of ether oxygens (including phenoxy) is 2. The highest BCUT2D eigenvalue weighted by Crippen LogP contribution is 2.22. The molecule has 0 spiro atoms. The molecule has 0 saturated carbocycles. The van der Waals surface area contributed by atoms with Gasteiger partial charge in [0.2, 0.25) is 0 Å². The minimum atomic E-state index is -0.924. The van der Waals surface area contributed by atoms with Gasteiger partial charge in [-0.25, -0.2) is 4.79 Å². The minimum Gasteiger partial charge on any atom is -0.508 e. The maximum absolute atomic E-state index is 12.3. The third-order valence-electron chi connectivity index (χ3n) is 4.60. The maximum atomic E-state index is 12.3. The third kappa shape index (κ3) is 5.38. The lowest BCUT2D eigenvalue weighted by Crippen LogP contribution is -2.35. The molecule has 1 unspecified atom stereocenters. The Morgan fingerprint density at radius 2 is 1.47 bits per heavy atom. The molecule has 3 aromatic rings. The molecular weight excluding hydrogens is 382 g/mol. The Morgan fingerprint density at radius 1 is 0.900 bits per heavy atom. The van der Waals surface area contributed by atoms with Gasteiger partial charge in [-0.3, -0.25) is 4.79 Å². The van der Waals surface area contributed by atoms with Crippen LogP contribution in [0.3, 0.4) is 0 Å². The third-order valence-corrected chi connectivity index (χ3v) is 4.60. The van der Waals surface area contributed by atoms with Crippen molar-refractivity contribution < 1.29 is 24.2 Å². The fourth-order valence-corrected chi connectivity index (χ4v) is 2.81.